The summed E-state index contributed by atoms with van der Waals surface area (Å²) in [5.41, 5.74) is 1.46. The Morgan fingerprint density at radius 3 is 2.69 bits per heavy atom. The lowest BCUT2D eigenvalue weighted by Crippen LogP contribution is -1.92. The van der Waals surface area contributed by atoms with Gasteiger partial charge in [-0.2, -0.15) is 0 Å². The Balaban J connectivity index is 2.18. The van der Waals surface area contributed by atoms with Crippen LogP contribution in [0.4, 0.5) is 0 Å². The molecule has 70 valence electrons. The average molecular weight is 176 g/mol. The Labute approximate surface area is 79.7 Å². The van der Waals surface area contributed by atoms with E-state index in [9.17, 15) is 0 Å². The van der Waals surface area contributed by atoms with Crippen LogP contribution in [0.25, 0.3) is 0 Å². The third-order valence-electron chi connectivity index (χ3n) is 2.92. The predicted molar refractivity (Wildman–Crippen MR) is 54.2 cm³/mol. The fraction of sp³-hybridized carbons (Fsp3) is 0.500. The van der Waals surface area contributed by atoms with Crippen molar-refractivity contribution in [2.24, 2.45) is 0 Å². The number of ether oxygens (including phenoxy) is 1. The molecule has 1 saturated carbocycles. The Morgan fingerprint density at radius 2 is 2.00 bits per heavy atom. The highest BCUT2D eigenvalue weighted by Crippen LogP contribution is 2.35. The molecule has 0 unspecified atom stereocenters. The normalized spacial score (nSPS) is 17.6. The monoisotopic (exact) mass is 176 g/mol. The molecular formula is C12H16O. The lowest BCUT2D eigenvalue weighted by Gasteiger charge is -2.10. The van der Waals surface area contributed by atoms with Gasteiger partial charge in [-0.15, -0.1) is 0 Å². The molecule has 1 fully saturated rings. The minimum atomic E-state index is 0.787. The average Bonchev–Trinajstić information content (AvgIpc) is 2.71. The van der Waals surface area contributed by atoms with E-state index in [0.29, 0.717) is 0 Å². The summed E-state index contributed by atoms with van der Waals surface area (Å²) in [6.07, 6.45) is 5.49. The zero-order chi connectivity index (χ0) is 9.10. The van der Waals surface area contributed by atoms with Gasteiger partial charge < -0.3 is 4.74 Å². The van der Waals surface area contributed by atoms with Crippen molar-refractivity contribution in [1.29, 1.82) is 0 Å². The van der Waals surface area contributed by atoms with Crippen LogP contribution in [0.1, 0.15) is 37.2 Å². The molecule has 0 aromatic heterocycles. The molecular weight excluding hydrogens is 160 g/mol. The van der Waals surface area contributed by atoms with Gasteiger partial charge >= 0.3 is 0 Å². The van der Waals surface area contributed by atoms with Crippen LogP contribution in [0.2, 0.25) is 0 Å². The summed E-state index contributed by atoms with van der Waals surface area (Å²) in [7, 11) is 1.73. The van der Waals surface area contributed by atoms with Gasteiger partial charge in [-0.25, -0.2) is 0 Å². The van der Waals surface area contributed by atoms with Gasteiger partial charge in [-0.05, 0) is 36.5 Å². The molecule has 1 aromatic carbocycles. The second-order valence-corrected chi connectivity index (χ2v) is 3.76. The quantitative estimate of drug-likeness (QED) is 0.671. The van der Waals surface area contributed by atoms with E-state index in [1.807, 2.05) is 6.07 Å². The fourth-order valence-corrected chi connectivity index (χ4v) is 2.15. The molecule has 0 amide bonds. The van der Waals surface area contributed by atoms with Crippen molar-refractivity contribution in [3.05, 3.63) is 29.8 Å². The Bertz CT molecular complexity index is 274. The molecule has 2 rings (SSSR count). The number of benzene rings is 1. The molecule has 1 aromatic rings. The summed E-state index contributed by atoms with van der Waals surface area (Å²) in [5, 5.41) is 0. The Hall–Kier alpha value is -0.980. The molecule has 1 aliphatic carbocycles. The fourth-order valence-electron chi connectivity index (χ4n) is 2.15. The van der Waals surface area contributed by atoms with Crippen LogP contribution >= 0.6 is 0 Å². The van der Waals surface area contributed by atoms with Crippen molar-refractivity contribution in [3.63, 3.8) is 0 Å². The van der Waals surface area contributed by atoms with E-state index in [4.69, 9.17) is 4.74 Å². The summed E-state index contributed by atoms with van der Waals surface area (Å²) in [6.45, 7) is 0. The highest BCUT2D eigenvalue weighted by molar-refractivity contribution is 5.31. The molecule has 0 atom stereocenters. The summed E-state index contributed by atoms with van der Waals surface area (Å²) in [5.74, 6) is 1.78. The highest BCUT2D eigenvalue weighted by atomic mass is 16.5. The highest BCUT2D eigenvalue weighted by Gasteiger charge is 2.16. The van der Waals surface area contributed by atoms with E-state index in [2.05, 4.69) is 18.2 Å². The first-order chi connectivity index (χ1) is 6.40. The number of rotatable bonds is 2. The number of methoxy groups -OCH3 is 1. The van der Waals surface area contributed by atoms with Crippen molar-refractivity contribution in [3.8, 4) is 5.75 Å². The Kier molecular flexibility index (Phi) is 2.53. The van der Waals surface area contributed by atoms with E-state index < -0.39 is 0 Å². The van der Waals surface area contributed by atoms with Gasteiger partial charge in [0, 0.05) is 0 Å². The molecule has 0 heterocycles. The first-order valence-electron chi connectivity index (χ1n) is 5.04. The summed E-state index contributed by atoms with van der Waals surface area (Å²) >= 11 is 0. The van der Waals surface area contributed by atoms with Crippen LogP contribution in [-0.4, -0.2) is 7.11 Å². The maximum Gasteiger partial charge on any atom is 0.119 e. The van der Waals surface area contributed by atoms with Crippen LogP contribution in [0.15, 0.2) is 24.3 Å². The van der Waals surface area contributed by atoms with E-state index in [0.717, 1.165) is 11.7 Å². The largest absolute Gasteiger partial charge is 0.497 e. The van der Waals surface area contributed by atoms with Gasteiger partial charge in [-0.1, -0.05) is 25.0 Å². The smallest absolute Gasteiger partial charge is 0.119 e. The minimum absolute atomic E-state index is 0.787. The maximum absolute atomic E-state index is 5.21. The standard InChI is InChI=1S/C12H16O/c1-13-12-8-4-7-11(9-12)10-5-2-3-6-10/h4,7-10H,2-3,5-6H2,1H3. The second-order valence-electron chi connectivity index (χ2n) is 3.76. The zero-order valence-electron chi connectivity index (χ0n) is 8.12. The van der Waals surface area contributed by atoms with Gasteiger partial charge in [0.15, 0.2) is 0 Å². The van der Waals surface area contributed by atoms with Crippen LogP contribution in [0, 0.1) is 0 Å². The molecule has 0 spiro atoms. The predicted octanol–water partition coefficient (Wildman–Crippen LogP) is 3.35. The molecule has 1 aliphatic rings. The van der Waals surface area contributed by atoms with E-state index in [1.54, 1.807) is 7.11 Å². The van der Waals surface area contributed by atoms with E-state index in [1.165, 1.54) is 31.2 Å². The molecule has 0 N–H and O–H groups in total. The first kappa shape index (κ1) is 8.61. The molecule has 0 radical (unpaired) electrons. The van der Waals surface area contributed by atoms with Crippen LogP contribution in [-0.2, 0) is 0 Å². The molecule has 0 bridgehead atoms. The maximum atomic E-state index is 5.21. The zero-order valence-corrected chi connectivity index (χ0v) is 8.12. The third kappa shape index (κ3) is 1.85. The van der Waals surface area contributed by atoms with Crippen molar-refractivity contribution in [2.75, 3.05) is 7.11 Å². The first-order valence-corrected chi connectivity index (χ1v) is 5.04. The van der Waals surface area contributed by atoms with Gasteiger partial charge in [-0.3, -0.25) is 0 Å². The molecule has 1 heteroatoms. The topological polar surface area (TPSA) is 9.23 Å². The summed E-state index contributed by atoms with van der Waals surface area (Å²) in [4.78, 5) is 0. The van der Waals surface area contributed by atoms with Crippen LogP contribution < -0.4 is 4.74 Å². The molecule has 1 nitrogen and oxygen atoms in total. The van der Waals surface area contributed by atoms with Gasteiger partial charge in [0.2, 0.25) is 0 Å². The van der Waals surface area contributed by atoms with Crippen LogP contribution in [0.3, 0.4) is 0 Å². The molecule has 0 aliphatic heterocycles. The van der Waals surface area contributed by atoms with E-state index >= 15 is 0 Å². The SMILES string of the molecule is COc1cccc(C2CCCC2)c1. The Morgan fingerprint density at radius 1 is 1.23 bits per heavy atom. The van der Waals surface area contributed by atoms with Crippen molar-refractivity contribution in [1.82, 2.24) is 0 Å². The summed E-state index contributed by atoms with van der Waals surface area (Å²) < 4.78 is 5.21. The lowest BCUT2D eigenvalue weighted by atomic mass is 9.98. The lowest BCUT2D eigenvalue weighted by molar-refractivity contribution is 0.414. The second kappa shape index (κ2) is 3.82. The van der Waals surface area contributed by atoms with Crippen molar-refractivity contribution >= 4 is 0 Å². The van der Waals surface area contributed by atoms with Crippen LogP contribution in [0.5, 0.6) is 5.75 Å². The number of hydrogen-bond acceptors (Lipinski definition) is 1. The molecule has 0 saturated heterocycles. The van der Waals surface area contributed by atoms with Crippen molar-refractivity contribution < 1.29 is 4.74 Å². The van der Waals surface area contributed by atoms with E-state index in [-0.39, 0.29) is 0 Å². The minimum Gasteiger partial charge on any atom is -0.497 e. The van der Waals surface area contributed by atoms with Crippen molar-refractivity contribution in [2.45, 2.75) is 31.6 Å². The van der Waals surface area contributed by atoms with Gasteiger partial charge in [0.25, 0.3) is 0 Å². The molecule has 13 heavy (non-hydrogen) atoms. The van der Waals surface area contributed by atoms with Gasteiger partial charge in [0.1, 0.15) is 5.75 Å². The number of hydrogen-bond donors (Lipinski definition) is 0. The summed E-state index contributed by atoms with van der Waals surface area (Å²) in [6, 6.07) is 8.50. The third-order valence-corrected chi connectivity index (χ3v) is 2.92. The van der Waals surface area contributed by atoms with Gasteiger partial charge in [0.05, 0.1) is 7.11 Å².